The van der Waals surface area contributed by atoms with Gasteiger partial charge in [-0.2, -0.15) is 0 Å². The summed E-state index contributed by atoms with van der Waals surface area (Å²) in [5.74, 6) is 0. The Labute approximate surface area is 155 Å². The Morgan fingerprint density at radius 3 is 1.50 bits per heavy atom. The van der Waals surface area contributed by atoms with E-state index in [1.807, 2.05) is 7.76 Å². The second-order valence-electron chi connectivity index (χ2n) is 11.2. The molecule has 0 spiro atoms. The van der Waals surface area contributed by atoms with Crippen molar-refractivity contribution in [3.05, 3.63) is 43.2 Å². The van der Waals surface area contributed by atoms with Gasteiger partial charge in [-0.15, -0.1) is 0 Å². The number of hydrogen-bond donors (Lipinski definition) is 0. The monoisotopic (exact) mass is 392 g/mol. The second kappa shape index (κ2) is 5.81. The normalized spacial score (nSPS) is 24.7. The summed E-state index contributed by atoms with van der Waals surface area (Å²) >= 11 is -2.21. The first kappa shape index (κ1) is 18.9. The molecule has 0 saturated heterocycles. The van der Waals surface area contributed by atoms with Gasteiger partial charge < -0.3 is 0 Å². The fourth-order valence-electron chi connectivity index (χ4n) is 5.71. The van der Waals surface area contributed by atoms with E-state index >= 15 is 0 Å². The summed E-state index contributed by atoms with van der Waals surface area (Å²) in [4.78, 5) is 0. The Morgan fingerprint density at radius 1 is 0.792 bits per heavy atom. The molecule has 0 saturated carbocycles. The van der Waals surface area contributed by atoms with Crippen molar-refractivity contribution >= 4 is 16.1 Å². The maximum absolute atomic E-state index is 2.62. The van der Waals surface area contributed by atoms with Crippen molar-refractivity contribution in [2.75, 3.05) is 0 Å². The van der Waals surface area contributed by atoms with E-state index < -0.39 is 32.7 Å². The Kier molecular flexibility index (Phi) is 4.57. The Morgan fingerprint density at radius 2 is 1.17 bits per heavy atom. The van der Waals surface area contributed by atoms with E-state index in [4.69, 9.17) is 0 Å². The van der Waals surface area contributed by atoms with Gasteiger partial charge in [0.1, 0.15) is 0 Å². The molecule has 0 aromatic rings. The molecule has 0 aromatic heterocycles. The maximum atomic E-state index is 2.62. The van der Waals surface area contributed by atoms with Gasteiger partial charge in [0.2, 0.25) is 0 Å². The first-order valence-corrected chi connectivity index (χ1v) is 20.9. The summed E-state index contributed by atoms with van der Waals surface area (Å²) < 4.78 is 7.22. The summed E-state index contributed by atoms with van der Waals surface area (Å²) in [5.41, 5.74) is 3.73. The molecule has 0 fully saturated rings. The number of allylic oxidation sites excluding steroid dienone is 8. The predicted octanol–water partition coefficient (Wildman–Crippen LogP) is 7.20. The van der Waals surface area contributed by atoms with Gasteiger partial charge in [-0.3, -0.25) is 0 Å². The van der Waals surface area contributed by atoms with Crippen LogP contribution in [0.25, 0.3) is 0 Å². The molecule has 0 amide bonds. The fourth-order valence-corrected chi connectivity index (χ4v) is 38.4. The van der Waals surface area contributed by atoms with Crippen LogP contribution in [0.4, 0.5) is 0 Å². The van der Waals surface area contributed by atoms with Gasteiger partial charge in [-0.25, -0.2) is 0 Å². The third-order valence-electron chi connectivity index (χ3n) is 6.03. The van der Waals surface area contributed by atoms with Crippen molar-refractivity contribution in [3.63, 3.8) is 0 Å². The van der Waals surface area contributed by atoms with Crippen LogP contribution in [0.1, 0.15) is 26.7 Å². The van der Waals surface area contributed by atoms with E-state index in [9.17, 15) is 0 Å². The molecule has 0 N–H and O–H groups in total. The van der Waals surface area contributed by atoms with Crippen molar-refractivity contribution in [2.45, 2.75) is 74.7 Å². The summed E-state index contributed by atoms with van der Waals surface area (Å²) in [6, 6.07) is 0. The van der Waals surface area contributed by atoms with Gasteiger partial charge in [-0.05, 0) is 0 Å². The molecule has 0 nitrogen and oxygen atoms in total. The van der Waals surface area contributed by atoms with Gasteiger partial charge >= 0.3 is 156 Å². The molecule has 3 aliphatic rings. The zero-order valence-corrected chi connectivity index (χ0v) is 20.7. The summed E-state index contributed by atoms with van der Waals surface area (Å²) in [6.45, 7) is 20.7. The Balaban J connectivity index is 2.24. The van der Waals surface area contributed by atoms with Crippen LogP contribution in [0.3, 0.4) is 0 Å². The first-order valence-electron chi connectivity index (χ1n) is 9.68. The standard InChI is InChI=1S/C13H14.2C4H11Si.Ti/c1-13(2,11-7-3-4-8-11)12-9-5-6-10-12;2*1-5(2,3)4;/h3,5,7,9H,4,6H2,1-2H3;2*1H2,2-4H3;. The second-order valence-corrected chi connectivity index (χ2v) is 30.7. The van der Waals surface area contributed by atoms with Crippen molar-refractivity contribution in [1.29, 1.82) is 0 Å². The predicted molar refractivity (Wildman–Crippen MR) is 112 cm³/mol. The van der Waals surface area contributed by atoms with E-state index in [2.05, 4.69) is 77.4 Å². The molecule has 0 atom stereocenters. The van der Waals surface area contributed by atoms with Crippen LogP contribution >= 0.6 is 0 Å². The molecule has 3 rings (SSSR count). The van der Waals surface area contributed by atoms with Gasteiger partial charge in [0.15, 0.2) is 0 Å². The summed E-state index contributed by atoms with van der Waals surface area (Å²) in [5, 5.41) is 0. The third kappa shape index (κ3) is 3.13. The Hall–Kier alpha value is 0.108. The van der Waals surface area contributed by atoms with Crippen molar-refractivity contribution < 1.29 is 16.6 Å². The van der Waals surface area contributed by atoms with Gasteiger partial charge in [0.25, 0.3) is 0 Å². The fraction of sp³-hybridized carbons (Fsp3) is 0.619. The molecular formula is C21H36Si2Ti. The number of rotatable bonds is 4. The van der Waals surface area contributed by atoms with Crippen molar-refractivity contribution in [2.24, 2.45) is 5.41 Å². The van der Waals surface area contributed by atoms with Crippen LogP contribution in [-0.4, -0.2) is 16.1 Å². The van der Waals surface area contributed by atoms with Gasteiger partial charge in [0.05, 0.1) is 0 Å². The molecule has 0 aromatic carbocycles. The van der Waals surface area contributed by atoms with Crippen LogP contribution in [0, 0.1) is 5.41 Å². The molecule has 1 aliphatic heterocycles. The average molecular weight is 393 g/mol. The topological polar surface area (TPSA) is 0 Å². The van der Waals surface area contributed by atoms with Crippen LogP contribution in [0.5, 0.6) is 0 Å². The van der Waals surface area contributed by atoms with E-state index in [0.29, 0.717) is 0 Å². The average Bonchev–Trinajstić information content (AvgIpc) is 3.03. The van der Waals surface area contributed by atoms with Gasteiger partial charge in [0, 0.05) is 0 Å². The molecule has 2 aliphatic carbocycles. The van der Waals surface area contributed by atoms with E-state index in [1.54, 1.807) is 19.8 Å². The molecule has 132 valence electrons. The van der Waals surface area contributed by atoms with Crippen LogP contribution in [-0.2, 0) is 16.6 Å². The summed E-state index contributed by atoms with van der Waals surface area (Å²) in [7, 11) is -2.20. The van der Waals surface area contributed by atoms with Crippen LogP contribution in [0.2, 0.25) is 48.0 Å². The van der Waals surface area contributed by atoms with E-state index in [-0.39, 0.29) is 5.41 Å². The quantitative estimate of drug-likeness (QED) is 0.444. The minimum absolute atomic E-state index is 0.248. The minimum atomic E-state index is -2.21. The number of hydrogen-bond acceptors (Lipinski definition) is 0. The van der Waals surface area contributed by atoms with Gasteiger partial charge in [-0.1, -0.05) is 0 Å². The molecule has 0 unspecified atom stereocenters. The van der Waals surface area contributed by atoms with Crippen molar-refractivity contribution in [3.8, 4) is 0 Å². The molecular weight excluding hydrogens is 356 g/mol. The molecule has 0 radical (unpaired) electrons. The first-order chi connectivity index (χ1) is 10.9. The molecule has 1 heterocycles. The zero-order valence-electron chi connectivity index (χ0n) is 17.1. The molecule has 24 heavy (non-hydrogen) atoms. The summed E-state index contributed by atoms with van der Waals surface area (Å²) in [6.07, 6.45) is 12.6. The zero-order chi connectivity index (χ0) is 18.0. The van der Waals surface area contributed by atoms with Crippen LogP contribution < -0.4 is 0 Å². The molecule has 3 heteroatoms. The van der Waals surface area contributed by atoms with E-state index in [1.165, 1.54) is 12.8 Å². The molecule has 0 bridgehead atoms. The van der Waals surface area contributed by atoms with Crippen molar-refractivity contribution in [1.82, 2.24) is 0 Å². The third-order valence-corrected chi connectivity index (χ3v) is 30.0. The van der Waals surface area contributed by atoms with E-state index in [0.717, 1.165) is 0 Å². The van der Waals surface area contributed by atoms with Crippen LogP contribution in [0.15, 0.2) is 43.2 Å². The SMILES string of the molecule is CC1(C)C2=[C](CC=C2)[Ti]([CH2][Si](C)(C)C)([CH2][Si](C)(C)C)[C]2=C1C=CC2. The Bertz CT molecular complexity index is 618.